The van der Waals surface area contributed by atoms with E-state index in [1.54, 1.807) is 0 Å². The van der Waals surface area contributed by atoms with Crippen LogP contribution in [0.4, 0.5) is 0 Å². The molecule has 0 aliphatic carbocycles. The van der Waals surface area contributed by atoms with Crippen molar-refractivity contribution in [3.63, 3.8) is 0 Å². The zero-order chi connectivity index (χ0) is 11.3. The average molecular weight is 227 g/mol. The number of nitrogens with one attached hydrogen (secondary N) is 1. The molecule has 0 spiro atoms. The van der Waals surface area contributed by atoms with Crippen LogP contribution in [0.5, 0.6) is 0 Å². The fourth-order valence-corrected chi connectivity index (χ4v) is 2.09. The van der Waals surface area contributed by atoms with E-state index in [-0.39, 0.29) is 18.9 Å². The maximum absolute atomic E-state index is 11.6. The van der Waals surface area contributed by atoms with E-state index in [9.17, 15) is 9.59 Å². The number of carbonyl (C=O) groups excluding carboxylic acids is 1. The number of rotatable bonds is 5. The average Bonchev–Trinajstić information content (AvgIpc) is 2.64. The molecule has 0 saturated heterocycles. The predicted molar refractivity (Wildman–Crippen MR) is 58.3 cm³/mol. The highest BCUT2D eigenvalue weighted by atomic mass is 32.1. The Bertz CT molecular complexity index is 359. The van der Waals surface area contributed by atoms with Gasteiger partial charge in [-0.2, -0.15) is 0 Å². The molecule has 1 amide bonds. The zero-order valence-corrected chi connectivity index (χ0v) is 9.26. The molecule has 4 nitrogen and oxygen atoms in total. The first-order chi connectivity index (χ1) is 7.15. The normalized spacial score (nSPS) is 9.93. The summed E-state index contributed by atoms with van der Waals surface area (Å²) in [6.45, 7) is 2.16. The van der Waals surface area contributed by atoms with Gasteiger partial charge in [0.2, 0.25) is 0 Å². The molecule has 5 heteroatoms. The molecule has 1 aromatic heterocycles. The topological polar surface area (TPSA) is 66.4 Å². The summed E-state index contributed by atoms with van der Waals surface area (Å²) in [7, 11) is 0. The standard InChI is InChI=1S/C10H13NO3S/c1-2-7-4-6-15-9(7)10(14)11-5-3-8(12)13/h4,6H,2-3,5H2,1H3,(H,11,14)(H,12,13). The van der Waals surface area contributed by atoms with Crippen LogP contribution in [0.2, 0.25) is 0 Å². The molecule has 15 heavy (non-hydrogen) atoms. The lowest BCUT2D eigenvalue weighted by Crippen LogP contribution is -2.25. The van der Waals surface area contributed by atoms with Crippen molar-refractivity contribution in [3.05, 3.63) is 21.9 Å². The second-order valence-corrected chi connectivity index (χ2v) is 3.94. The molecule has 1 heterocycles. The predicted octanol–water partition coefficient (Wildman–Crippen LogP) is 1.52. The molecule has 0 aliphatic heterocycles. The first-order valence-corrected chi connectivity index (χ1v) is 5.59. The van der Waals surface area contributed by atoms with Crippen molar-refractivity contribution in [2.75, 3.05) is 6.54 Å². The minimum atomic E-state index is -0.905. The first kappa shape index (κ1) is 11.7. The number of amides is 1. The molecule has 0 aromatic carbocycles. The largest absolute Gasteiger partial charge is 0.481 e. The molecule has 0 saturated carbocycles. The molecule has 2 N–H and O–H groups in total. The summed E-state index contributed by atoms with van der Waals surface area (Å²) in [4.78, 5) is 22.5. The maximum Gasteiger partial charge on any atom is 0.305 e. The second-order valence-electron chi connectivity index (χ2n) is 3.03. The van der Waals surface area contributed by atoms with Crippen molar-refractivity contribution in [2.24, 2.45) is 0 Å². The van der Waals surface area contributed by atoms with Crippen LogP contribution in [0.15, 0.2) is 11.4 Å². The van der Waals surface area contributed by atoms with E-state index in [1.807, 2.05) is 18.4 Å². The van der Waals surface area contributed by atoms with Crippen LogP contribution >= 0.6 is 11.3 Å². The third kappa shape index (κ3) is 3.36. The van der Waals surface area contributed by atoms with Gasteiger partial charge in [-0.15, -0.1) is 11.3 Å². The third-order valence-electron chi connectivity index (χ3n) is 1.96. The number of carbonyl (C=O) groups is 2. The van der Waals surface area contributed by atoms with Crippen LogP contribution in [0.25, 0.3) is 0 Å². The lowest BCUT2D eigenvalue weighted by atomic mass is 10.2. The molecule has 0 atom stereocenters. The Morgan fingerprint density at radius 2 is 2.27 bits per heavy atom. The summed E-state index contributed by atoms with van der Waals surface area (Å²) >= 11 is 1.38. The van der Waals surface area contributed by atoms with Crippen LogP contribution < -0.4 is 5.32 Å². The van der Waals surface area contributed by atoms with Crippen molar-refractivity contribution >= 4 is 23.2 Å². The summed E-state index contributed by atoms with van der Waals surface area (Å²) in [5, 5.41) is 12.9. The van der Waals surface area contributed by atoms with Crippen LogP contribution in [0, 0.1) is 0 Å². The van der Waals surface area contributed by atoms with Gasteiger partial charge < -0.3 is 10.4 Å². The molecule has 0 unspecified atom stereocenters. The van der Waals surface area contributed by atoms with E-state index in [0.717, 1.165) is 12.0 Å². The smallest absolute Gasteiger partial charge is 0.305 e. The highest BCUT2D eigenvalue weighted by molar-refractivity contribution is 7.12. The van der Waals surface area contributed by atoms with Crippen LogP contribution in [0.1, 0.15) is 28.6 Å². The number of carboxylic acids is 1. The Morgan fingerprint density at radius 1 is 1.53 bits per heavy atom. The Balaban J connectivity index is 2.50. The van der Waals surface area contributed by atoms with E-state index >= 15 is 0 Å². The van der Waals surface area contributed by atoms with E-state index in [4.69, 9.17) is 5.11 Å². The van der Waals surface area contributed by atoms with Crippen molar-refractivity contribution in [1.82, 2.24) is 5.32 Å². The fraction of sp³-hybridized carbons (Fsp3) is 0.400. The summed E-state index contributed by atoms with van der Waals surface area (Å²) in [5.41, 5.74) is 1.01. The quantitative estimate of drug-likeness (QED) is 0.801. The van der Waals surface area contributed by atoms with Gasteiger partial charge >= 0.3 is 5.97 Å². The molecule has 0 bridgehead atoms. The minimum absolute atomic E-state index is 0.0431. The monoisotopic (exact) mass is 227 g/mol. The van der Waals surface area contributed by atoms with Gasteiger partial charge in [-0.25, -0.2) is 0 Å². The van der Waals surface area contributed by atoms with Gasteiger partial charge in [-0.05, 0) is 23.4 Å². The number of hydrogen-bond donors (Lipinski definition) is 2. The summed E-state index contributed by atoms with van der Waals surface area (Å²) in [6, 6.07) is 1.91. The highest BCUT2D eigenvalue weighted by Crippen LogP contribution is 2.16. The van der Waals surface area contributed by atoms with Crippen molar-refractivity contribution in [2.45, 2.75) is 19.8 Å². The Labute approximate surface area is 91.9 Å². The SMILES string of the molecule is CCc1ccsc1C(=O)NCCC(=O)O. The Hall–Kier alpha value is -1.36. The lowest BCUT2D eigenvalue weighted by molar-refractivity contribution is -0.136. The number of carboxylic acid groups (broad SMARTS) is 1. The summed E-state index contributed by atoms with van der Waals surface area (Å²) in [6.07, 6.45) is 0.768. The molecule has 82 valence electrons. The number of aryl methyl sites for hydroxylation is 1. The molecule has 0 aliphatic rings. The molecular formula is C10H13NO3S. The molecular weight excluding hydrogens is 214 g/mol. The van der Waals surface area contributed by atoms with E-state index < -0.39 is 5.97 Å². The lowest BCUT2D eigenvalue weighted by Gasteiger charge is -2.02. The molecule has 0 fully saturated rings. The van der Waals surface area contributed by atoms with E-state index in [1.165, 1.54) is 11.3 Å². The van der Waals surface area contributed by atoms with Gasteiger partial charge in [0.25, 0.3) is 5.91 Å². The van der Waals surface area contributed by atoms with Gasteiger partial charge in [0.05, 0.1) is 11.3 Å². The number of aliphatic carboxylic acids is 1. The van der Waals surface area contributed by atoms with Gasteiger partial charge in [0.1, 0.15) is 0 Å². The Morgan fingerprint density at radius 3 is 2.87 bits per heavy atom. The second kappa shape index (κ2) is 5.50. The highest BCUT2D eigenvalue weighted by Gasteiger charge is 2.11. The van der Waals surface area contributed by atoms with Crippen molar-refractivity contribution in [3.8, 4) is 0 Å². The number of hydrogen-bond acceptors (Lipinski definition) is 3. The van der Waals surface area contributed by atoms with Crippen molar-refractivity contribution in [1.29, 1.82) is 0 Å². The molecule has 0 radical (unpaired) electrons. The molecule has 1 rings (SSSR count). The maximum atomic E-state index is 11.6. The molecule has 1 aromatic rings. The summed E-state index contributed by atoms with van der Waals surface area (Å²) < 4.78 is 0. The summed E-state index contributed by atoms with van der Waals surface area (Å²) in [5.74, 6) is -1.08. The first-order valence-electron chi connectivity index (χ1n) is 4.71. The van der Waals surface area contributed by atoms with Gasteiger partial charge in [-0.1, -0.05) is 6.92 Å². The van der Waals surface area contributed by atoms with Crippen LogP contribution in [-0.4, -0.2) is 23.5 Å². The van der Waals surface area contributed by atoms with Crippen molar-refractivity contribution < 1.29 is 14.7 Å². The van der Waals surface area contributed by atoms with E-state index in [2.05, 4.69) is 5.32 Å². The van der Waals surface area contributed by atoms with E-state index in [0.29, 0.717) is 4.88 Å². The van der Waals surface area contributed by atoms with Crippen LogP contribution in [0.3, 0.4) is 0 Å². The van der Waals surface area contributed by atoms with Gasteiger partial charge in [0.15, 0.2) is 0 Å². The van der Waals surface area contributed by atoms with Gasteiger partial charge in [-0.3, -0.25) is 9.59 Å². The minimum Gasteiger partial charge on any atom is -0.481 e. The fourth-order valence-electron chi connectivity index (χ4n) is 1.18. The van der Waals surface area contributed by atoms with Crippen LogP contribution in [-0.2, 0) is 11.2 Å². The number of thiophene rings is 1. The van der Waals surface area contributed by atoms with Gasteiger partial charge in [0, 0.05) is 6.54 Å². The Kier molecular flexibility index (Phi) is 4.30. The zero-order valence-electron chi connectivity index (χ0n) is 8.45. The third-order valence-corrected chi connectivity index (χ3v) is 2.91.